The van der Waals surface area contributed by atoms with E-state index in [1.807, 2.05) is 6.07 Å². The van der Waals surface area contributed by atoms with Crippen LogP contribution in [0, 0.1) is 27.4 Å². The quantitative estimate of drug-likeness (QED) is 0.626. The Morgan fingerprint density at radius 3 is 2.84 bits per heavy atom. The highest BCUT2D eigenvalue weighted by Gasteiger charge is 2.26. The lowest BCUT2D eigenvalue weighted by molar-refractivity contribution is -0.384. The van der Waals surface area contributed by atoms with E-state index in [-0.39, 0.29) is 17.3 Å². The van der Waals surface area contributed by atoms with Gasteiger partial charge in [-0.3, -0.25) is 10.1 Å². The molecule has 0 spiro atoms. The maximum Gasteiger partial charge on any atom is 0.309 e. The molecule has 2 rings (SSSR count). The van der Waals surface area contributed by atoms with Crippen molar-refractivity contribution in [2.24, 2.45) is 5.92 Å². The Morgan fingerprint density at radius 1 is 1.58 bits per heavy atom. The number of nitrogens with one attached hydrogen (secondary N) is 1. The van der Waals surface area contributed by atoms with E-state index in [2.05, 4.69) is 12.2 Å². The molecule has 1 aliphatic rings. The first-order valence-electron chi connectivity index (χ1n) is 6.59. The molecule has 5 heteroatoms. The number of nitro benzene ring substituents is 1. The summed E-state index contributed by atoms with van der Waals surface area (Å²) >= 11 is 0. The van der Waals surface area contributed by atoms with Gasteiger partial charge < -0.3 is 5.32 Å². The minimum Gasteiger partial charge on any atom is -0.377 e. The molecule has 0 aliphatic heterocycles. The molecular formula is C14H17N3O2. The van der Waals surface area contributed by atoms with Gasteiger partial charge >= 0.3 is 5.69 Å². The van der Waals surface area contributed by atoms with E-state index in [1.165, 1.54) is 18.9 Å². The van der Waals surface area contributed by atoms with Crippen molar-refractivity contribution >= 4 is 11.4 Å². The molecule has 0 aromatic heterocycles. The summed E-state index contributed by atoms with van der Waals surface area (Å²) in [5, 5.41) is 23.3. The molecular weight excluding hydrogens is 242 g/mol. The highest BCUT2D eigenvalue weighted by atomic mass is 16.6. The second kappa shape index (κ2) is 5.70. The highest BCUT2D eigenvalue weighted by molar-refractivity contribution is 5.68. The lowest BCUT2D eigenvalue weighted by Gasteiger charge is -2.18. The summed E-state index contributed by atoms with van der Waals surface area (Å²) in [6.07, 6.45) is 4.49. The molecule has 19 heavy (non-hydrogen) atoms. The lowest BCUT2D eigenvalue weighted by atomic mass is 10.1. The summed E-state index contributed by atoms with van der Waals surface area (Å²) in [5.74, 6) is 0.760. The van der Waals surface area contributed by atoms with E-state index < -0.39 is 4.92 Å². The molecule has 100 valence electrons. The summed E-state index contributed by atoms with van der Waals surface area (Å²) in [6.45, 7) is 2.07. The largest absolute Gasteiger partial charge is 0.377 e. The number of hydrogen-bond acceptors (Lipinski definition) is 4. The Kier molecular flexibility index (Phi) is 4.00. The molecule has 1 atom stereocenters. The Hall–Kier alpha value is -2.09. The molecule has 1 aromatic rings. The van der Waals surface area contributed by atoms with Crippen molar-refractivity contribution < 1.29 is 4.92 Å². The van der Waals surface area contributed by atoms with Crippen LogP contribution < -0.4 is 5.32 Å². The molecule has 0 amide bonds. The first-order valence-corrected chi connectivity index (χ1v) is 6.59. The van der Waals surface area contributed by atoms with Crippen LogP contribution in [0.3, 0.4) is 0 Å². The van der Waals surface area contributed by atoms with Crippen LogP contribution >= 0.6 is 0 Å². The molecule has 1 aliphatic carbocycles. The van der Waals surface area contributed by atoms with Crippen LogP contribution in [0.4, 0.5) is 11.4 Å². The van der Waals surface area contributed by atoms with Gasteiger partial charge in [0.2, 0.25) is 0 Å². The molecule has 1 fully saturated rings. The molecule has 1 aromatic carbocycles. The summed E-state index contributed by atoms with van der Waals surface area (Å²) in [4.78, 5) is 10.6. The zero-order valence-electron chi connectivity index (χ0n) is 10.9. The van der Waals surface area contributed by atoms with E-state index in [9.17, 15) is 10.1 Å². The zero-order valence-corrected chi connectivity index (χ0v) is 10.9. The van der Waals surface area contributed by atoms with E-state index >= 15 is 0 Å². The third-order valence-electron chi connectivity index (χ3n) is 3.51. The molecule has 1 saturated carbocycles. The number of benzene rings is 1. The monoisotopic (exact) mass is 259 g/mol. The fraction of sp³-hybridized carbons (Fsp3) is 0.500. The smallest absolute Gasteiger partial charge is 0.309 e. The van der Waals surface area contributed by atoms with E-state index in [4.69, 9.17) is 5.26 Å². The normalized spacial score (nSPS) is 15.6. The van der Waals surface area contributed by atoms with Gasteiger partial charge in [0.05, 0.1) is 4.92 Å². The van der Waals surface area contributed by atoms with Crippen molar-refractivity contribution in [1.82, 2.24) is 0 Å². The standard InChI is InChI=1S/C14H17N3O2/c1-2-12(8-10-6-7-10)16-13-5-3-4-11(9-15)14(13)17(18)19/h3-5,10,12,16H,2,6-8H2,1H3. The van der Waals surface area contributed by atoms with E-state index in [0.29, 0.717) is 5.69 Å². The molecule has 0 radical (unpaired) electrons. The Morgan fingerprint density at radius 2 is 2.32 bits per heavy atom. The summed E-state index contributed by atoms with van der Waals surface area (Å²) in [6, 6.07) is 6.95. The van der Waals surface area contributed by atoms with Gasteiger partial charge in [-0.25, -0.2) is 0 Å². The average molecular weight is 259 g/mol. The number of rotatable bonds is 6. The fourth-order valence-corrected chi connectivity index (χ4v) is 2.25. The van der Waals surface area contributed by atoms with Gasteiger partial charge in [0.15, 0.2) is 0 Å². The van der Waals surface area contributed by atoms with Gasteiger partial charge in [0, 0.05) is 6.04 Å². The lowest BCUT2D eigenvalue weighted by Crippen LogP contribution is -2.20. The van der Waals surface area contributed by atoms with Gasteiger partial charge in [-0.15, -0.1) is 0 Å². The van der Waals surface area contributed by atoms with Crippen LogP contribution in [-0.2, 0) is 0 Å². The van der Waals surface area contributed by atoms with Crippen LogP contribution in [0.1, 0.15) is 38.2 Å². The van der Waals surface area contributed by atoms with Gasteiger partial charge in [0.25, 0.3) is 0 Å². The molecule has 1 N–H and O–H groups in total. The number of nitriles is 1. The van der Waals surface area contributed by atoms with E-state index in [1.54, 1.807) is 12.1 Å². The minimum absolute atomic E-state index is 0.108. The topological polar surface area (TPSA) is 79.0 Å². The number of anilines is 1. The first kappa shape index (κ1) is 13.3. The van der Waals surface area contributed by atoms with Crippen molar-refractivity contribution in [2.75, 3.05) is 5.32 Å². The Bertz CT molecular complexity index is 518. The maximum absolute atomic E-state index is 11.1. The van der Waals surface area contributed by atoms with Crippen LogP contribution in [-0.4, -0.2) is 11.0 Å². The number of hydrogen-bond donors (Lipinski definition) is 1. The van der Waals surface area contributed by atoms with Crippen LogP contribution in [0.25, 0.3) is 0 Å². The van der Waals surface area contributed by atoms with Crippen molar-refractivity contribution in [1.29, 1.82) is 5.26 Å². The fourth-order valence-electron chi connectivity index (χ4n) is 2.25. The molecule has 0 bridgehead atoms. The Balaban J connectivity index is 2.22. The first-order chi connectivity index (χ1) is 9.15. The van der Waals surface area contributed by atoms with Crippen molar-refractivity contribution in [3.63, 3.8) is 0 Å². The molecule has 0 saturated heterocycles. The average Bonchev–Trinajstić information content (AvgIpc) is 3.21. The second-order valence-corrected chi connectivity index (χ2v) is 5.00. The zero-order chi connectivity index (χ0) is 13.8. The summed E-state index contributed by atoms with van der Waals surface area (Å²) in [5.41, 5.74) is 0.451. The molecule has 5 nitrogen and oxygen atoms in total. The van der Waals surface area contributed by atoms with Gasteiger partial charge in [0.1, 0.15) is 17.3 Å². The molecule has 1 unspecified atom stereocenters. The number of para-hydroxylation sites is 1. The third kappa shape index (κ3) is 3.22. The van der Waals surface area contributed by atoms with Crippen LogP contribution in [0.15, 0.2) is 18.2 Å². The van der Waals surface area contributed by atoms with Crippen molar-refractivity contribution in [2.45, 2.75) is 38.6 Å². The van der Waals surface area contributed by atoms with Crippen molar-refractivity contribution in [3.8, 4) is 6.07 Å². The Labute approximate surface area is 112 Å². The summed E-state index contributed by atoms with van der Waals surface area (Å²) < 4.78 is 0. The maximum atomic E-state index is 11.1. The van der Waals surface area contributed by atoms with Gasteiger partial charge in [-0.1, -0.05) is 25.8 Å². The van der Waals surface area contributed by atoms with Crippen LogP contribution in [0.2, 0.25) is 0 Å². The van der Waals surface area contributed by atoms with Gasteiger partial charge in [-0.05, 0) is 30.9 Å². The summed E-state index contributed by atoms with van der Waals surface area (Å²) in [7, 11) is 0. The number of nitro groups is 1. The van der Waals surface area contributed by atoms with Crippen LogP contribution in [0.5, 0.6) is 0 Å². The SMILES string of the molecule is CCC(CC1CC1)Nc1cccc(C#N)c1[N+](=O)[O-]. The van der Waals surface area contributed by atoms with E-state index in [0.717, 1.165) is 18.8 Å². The minimum atomic E-state index is -0.481. The third-order valence-corrected chi connectivity index (χ3v) is 3.51. The molecule has 0 heterocycles. The highest BCUT2D eigenvalue weighted by Crippen LogP contribution is 2.36. The second-order valence-electron chi connectivity index (χ2n) is 5.00. The predicted octanol–water partition coefficient (Wildman–Crippen LogP) is 3.46. The van der Waals surface area contributed by atoms with Gasteiger partial charge in [-0.2, -0.15) is 5.26 Å². The predicted molar refractivity (Wildman–Crippen MR) is 72.9 cm³/mol. The van der Waals surface area contributed by atoms with Crippen molar-refractivity contribution in [3.05, 3.63) is 33.9 Å². The number of nitrogens with zero attached hydrogens (tertiary/aromatic N) is 2.